The van der Waals surface area contributed by atoms with E-state index in [9.17, 15) is 0 Å². The normalized spacial score (nSPS) is 15.8. The smallest absolute Gasteiger partial charge is 0.136 e. The summed E-state index contributed by atoms with van der Waals surface area (Å²) in [6, 6.07) is 9.01. The summed E-state index contributed by atoms with van der Waals surface area (Å²) in [5.74, 6) is 0. The number of benzene rings is 1. The van der Waals surface area contributed by atoms with Crippen molar-refractivity contribution in [3.63, 3.8) is 0 Å². The van der Waals surface area contributed by atoms with Gasteiger partial charge in [-0.15, -0.1) is 5.11 Å². The standard InChI is InChI=1S/C10H10N4O/c11-7-9-1-3-10(4-2-9)12-13-14-5-6-15-8-14/h1-4H,5-6,8H2. The van der Waals surface area contributed by atoms with Crippen molar-refractivity contribution in [2.24, 2.45) is 10.3 Å². The maximum Gasteiger partial charge on any atom is 0.136 e. The number of nitriles is 1. The molecule has 1 aliphatic heterocycles. The summed E-state index contributed by atoms with van der Waals surface area (Å²) in [5, 5.41) is 18.4. The largest absolute Gasteiger partial charge is 0.358 e. The minimum Gasteiger partial charge on any atom is -0.358 e. The van der Waals surface area contributed by atoms with Gasteiger partial charge in [-0.25, -0.2) is 0 Å². The first-order valence-corrected chi connectivity index (χ1v) is 4.63. The van der Waals surface area contributed by atoms with E-state index in [1.165, 1.54) is 0 Å². The van der Waals surface area contributed by atoms with E-state index in [1.54, 1.807) is 29.3 Å². The molecule has 0 amide bonds. The zero-order valence-electron chi connectivity index (χ0n) is 8.13. The van der Waals surface area contributed by atoms with Crippen molar-refractivity contribution in [2.75, 3.05) is 19.9 Å². The van der Waals surface area contributed by atoms with Gasteiger partial charge in [-0.3, -0.25) is 5.01 Å². The first kappa shape index (κ1) is 9.62. The van der Waals surface area contributed by atoms with Gasteiger partial charge in [0.15, 0.2) is 0 Å². The van der Waals surface area contributed by atoms with Crippen LogP contribution in [0.25, 0.3) is 0 Å². The molecule has 5 heteroatoms. The first-order chi connectivity index (χ1) is 7.38. The molecule has 15 heavy (non-hydrogen) atoms. The van der Waals surface area contributed by atoms with Crippen LogP contribution >= 0.6 is 0 Å². The maximum atomic E-state index is 8.60. The van der Waals surface area contributed by atoms with E-state index in [1.807, 2.05) is 6.07 Å². The van der Waals surface area contributed by atoms with Crippen LogP contribution in [0.3, 0.4) is 0 Å². The quantitative estimate of drug-likeness (QED) is 0.687. The Hall–Kier alpha value is -1.93. The molecular formula is C10H10N4O. The van der Waals surface area contributed by atoms with Crippen LogP contribution < -0.4 is 0 Å². The Morgan fingerprint density at radius 1 is 1.33 bits per heavy atom. The Morgan fingerprint density at radius 2 is 2.13 bits per heavy atom. The summed E-state index contributed by atoms with van der Waals surface area (Å²) in [4.78, 5) is 0. The molecule has 76 valence electrons. The summed E-state index contributed by atoms with van der Waals surface area (Å²) >= 11 is 0. The highest BCUT2D eigenvalue weighted by atomic mass is 16.5. The molecule has 0 N–H and O–H groups in total. The van der Waals surface area contributed by atoms with E-state index in [0.717, 1.165) is 12.2 Å². The molecule has 0 aromatic heterocycles. The molecule has 5 nitrogen and oxygen atoms in total. The van der Waals surface area contributed by atoms with Gasteiger partial charge in [0.1, 0.15) is 6.73 Å². The van der Waals surface area contributed by atoms with E-state index < -0.39 is 0 Å². The minimum atomic E-state index is 0.500. The van der Waals surface area contributed by atoms with Gasteiger partial charge < -0.3 is 4.74 Å². The van der Waals surface area contributed by atoms with E-state index >= 15 is 0 Å². The van der Waals surface area contributed by atoms with Crippen LogP contribution in [-0.2, 0) is 4.74 Å². The number of hydrogen-bond acceptors (Lipinski definition) is 4. The molecule has 0 saturated carbocycles. The zero-order chi connectivity index (χ0) is 10.5. The summed E-state index contributed by atoms with van der Waals surface area (Å²) < 4.78 is 5.11. The lowest BCUT2D eigenvalue weighted by Crippen LogP contribution is -2.10. The highest BCUT2D eigenvalue weighted by Gasteiger charge is 2.08. The molecular weight excluding hydrogens is 192 g/mol. The van der Waals surface area contributed by atoms with Gasteiger partial charge >= 0.3 is 0 Å². The second kappa shape index (κ2) is 4.53. The van der Waals surface area contributed by atoms with Gasteiger partial charge in [0.25, 0.3) is 0 Å². The fourth-order valence-corrected chi connectivity index (χ4v) is 1.19. The van der Waals surface area contributed by atoms with Crippen LogP contribution in [-0.4, -0.2) is 24.9 Å². The molecule has 1 aliphatic rings. The SMILES string of the molecule is N#Cc1ccc(N=NN2CCOC2)cc1. The second-order valence-corrected chi connectivity index (χ2v) is 3.12. The fraction of sp³-hybridized carbons (Fsp3) is 0.300. The summed E-state index contributed by atoms with van der Waals surface area (Å²) in [6.45, 7) is 1.98. The molecule has 2 rings (SSSR count). The molecule has 0 spiro atoms. The van der Waals surface area contributed by atoms with Gasteiger partial charge in [0.05, 0.1) is 30.5 Å². The van der Waals surface area contributed by atoms with E-state index in [2.05, 4.69) is 10.3 Å². The summed E-state index contributed by atoms with van der Waals surface area (Å²) in [5.41, 5.74) is 1.36. The fourth-order valence-electron chi connectivity index (χ4n) is 1.19. The molecule has 0 aliphatic carbocycles. The summed E-state index contributed by atoms with van der Waals surface area (Å²) in [6.07, 6.45) is 0. The molecule has 0 atom stereocenters. The third kappa shape index (κ3) is 2.51. The van der Waals surface area contributed by atoms with E-state index in [0.29, 0.717) is 18.9 Å². The molecule has 1 heterocycles. The lowest BCUT2D eigenvalue weighted by molar-refractivity contribution is 0.138. The molecule has 1 saturated heterocycles. The number of nitrogens with zero attached hydrogens (tertiary/aromatic N) is 4. The number of ether oxygens (including phenoxy) is 1. The van der Waals surface area contributed by atoms with Crippen molar-refractivity contribution in [1.29, 1.82) is 5.26 Å². The summed E-state index contributed by atoms with van der Waals surface area (Å²) in [7, 11) is 0. The van der Waals surface area contributed by atoms with Gasteiger partial charge in [-0.1, -0.05) is 5.22 Å². The molecule has 1 aromatic carbocycles. The Balaban J connectivity index is 2.01. The predicted octanol–water partition coefficient (Wildman–Crippen LogP) is 1.85. The van der Waals surface area contributed by atoms with Gasteiger partial charge in [-0.05, 0) is 24.3 Å². The van der Waals surface area contributed by atoms with Crippen molar-refractivity contribution >= 4 is 5.69 Å². The maximum absolute atomic E-state index is 8.60. The average Bonchev–Trinajstić information content (AvgIpc) is 2.80. The van der Waals surface area contributed by atoms with Crippen LogP contribution in [0, 0.1) is 11.3 Å². The average molecular weight is 202 g/mol. The lowest BCUT2D eigenvalue weighted by atomic mass is 10.2. The van der Waals surface area contributed by atoms with Crippen LogP contribution in [0.5, 0.6) is 0 Å². The van der Waals surface area contributed by atoms with Gasteiger partial charge in [0.2, 0.25) is 0 Å². The second-order valence-electron chi connectivity index (χ2n) is 3.12. The van der Waals surface area contributed by atoms with Crippen LogP contribution in [0.4, 0.5) is 5.69 Å². The lowest BCUT2D eigenvalue weighted by Gasteiger charge is -2.04. The Kier molecular flexibility index (Phi) is 2.90. The van der Waals surface area contributed by atoms with Crippen LogP contribution in [0.15, 0.2) is 34.6 Å². The highest BCUT2D eigenvalue weighted by molar-refractivity contribution is 5.41. The molecule has 1 aromatic rings. The van der Waals surface area contributed by atoms with Crippen molar-refractivity contribution in [3.05, 3.63) is 29.8 Å². The number of rotatable bonds is 2. The van der Waals surface area contributed by atoms with Crippen molar-refractivity contribution in [1.82, 2.24) is 5.01 Å². The monoisotopic (exact) mass is 202 g/mol. The molecule has 0 bridgehead atoms. The van der Waals surface area contributed by atoms with Crippen molar-refractivity contribution in [2.45, 2.75) is 0 Å². The third-order valence-electron chi connectivity index (χ3n) is 2.02. The van der Waals surface area contributed by atoms with E-state index in [4.69, 9.17) is 10.00 Å². The Morgan fingerprint density at radius 3 is 2.73 bits per heavy atom. The highest BCUT2D eigenvalue weighted by Crippen LogP contribution is 2.14. The minimum absolute atomic E-state index is 0.500. The molecule has 1 fully saturated rings. The third-order valence-corrected chi connectivity index (χ3v) is 2.02. The van der Waals surface area contributed by atoms with Crippen LogP contribution in [0.1, 0.15) is 5.56 Å². The van der Waals surface area contributed by atoms with Gasteiger partial charge in [-0.2, -0.15) is 5.26 Å². The molecule has 0 unspecified atom stereocenters. The van der Waals surface area contributed by atoms with E-state index in [-0.39, 0.29) is 0 Å². The topological polar surface area (TPSA) is 61.0 Å². The Labute approximate surface area is 87.6 Å². The zero-order valence-corrected chi connectivity index (χ0v) is 8.13. The first-order valence-electron chi connectivity index (χ1n) is 4.63. The predicted molar refractivity (Wildman–Crippen MR) is 53.2 cm³/mol. The number of hydrogen-bond donors (Lipinski definition) is 0. The van der Waals surface area contributed by atoms with Crippen molar-refractivity contribution < 1.29 is 4.74 Å². The van der Waals surface area contributed by atoms with Crippen molar-refractivity contribution in [3.8, 4) is 6.07 Å². The van der Waals surface area contributed by atoms with Crippen LogP contribution in [0.2, 0.25) is 0 Å². The Bertz CT molecular complexity index is 387. The van der Waals surface area contributed by atoms with Gasteiger partial charge in [0, 0.05) is 0 Å². The molecule has 0 radical (unpaired) electrons.